The first-order valence-corrected chi connectivity index (χ1v) is 9.89. The predicted octanol–water partition coefficient (Wildman–Crippen LogP) is 1.87. The predicted molar refractivity (Wildman–Crippen MR) is 99.9 cm³/mol. The Labute approximate surface area is 159 Å². The van der Waals surface area contributed by atoms with Gasteiger partial charge in [0.05, 0.1) is 13.2 Å². The maximum Gasteiger partial charge on any atom is 0.317 e. The summed E-state index contributed by atoms with van der Waals surface area (Å²) in [7, 11) is 0. The number of ether oxygens (including phenoxy) is 2. The molecular formula is C20H27N3O4. The molecule has 7 heteroatoms. The van der Waals surface area contributed by atoms with Gasteiger partial charge in [0.2, 0.25) is 0 Å². The standard InChI is InChI=1S/C20H27N3O4/c24-19(15-2-4-17(5-3-15)27-18-8-13-26-14-18)22-11-6-16(7-12-22)23-10-1-9-21-20(23)25/h2-5,16,18H,1,6-14H2,(H,21,25). The first-order chi connectivity index (χ1) is 13.2. The smallest absolute Gasteiger partial charge is 0.317 e. The van der Waals surface area contributed by atoms with Gasteiger partial charge in [0.15, 0.2) is 0 Å². The Morgan fingerprint density at radius 2 is 1.89 bits per heavy atom. The molecule has 3 aliphatic heterocycles. The van der Waals surface area contributed by atoms with Crippen molar-refractivity contribution < 1.29 is 19.1 Å². The molecular weight excluding hydrogens is 346 g/mol. The molecule has 3 saturated heterocycles. The van der Waals surface area contributed by atoms with Gasteiger partial charge in [0.25, 0.3) is 5.91 Å². The van der Waals surface area contributed by atoms with Crippen molar-refractivity contribution in [2.45, 2.75) is 37.8 Å². The van der Waals surface area contributed by atoms with Gasteiger partial charge in [-0.1, -0.05) is 0 Å². The van der Waals surface area contributed by atoms with E-state index >= 15 is 0 Å². The maximum atomic E-state index is 12.8. The summed E-state index contributed by atoms with van der Waals surface area (Å²) in [5, 5.41) is 2.91. The summed E-state index contributed by atoms with van der Waals surface area (Å²) in [6.07, 6.45) is 3.68. The average Bonchev–Trinajstić information content (AvgIpc) is 3.22. The zero-order valence-corrected chi connectivity index (χ0v) is 15.6. The van der Waals surface area contributed by atoms with Crippen molar-refractivity contribution in [3.8, 4) is 5.75 Å². The number of carbonyl (C=O) groups is 2. The topological polar surface area (TPSA) is 71.1 Å². The van der Waals surface area contributed by atoms with Crippen LogP contribution in [0.3, 0.4) is 0 Å². The van der Waals surface area contributed by atoms with Crippen molar-refractivity contribution in [2.75, 3.05) is 39.4 Å². The summed E-state index contributed by atoms with van der Waals surface area (Å²) in [4.78, 5) is 28.6. The fraction of sp³-hybridized carbons (Fsp3) is 0.600. The Balaban J connectivity index is 1.30. The molecule has 3 aliphatic rings. The fourth-order valence-corrected chi connectivity index (χ4v) is 4.03. The number of nitrogens with zero attached hydrogens (tertiary/aromatic N) is 2. The van der Waals surface area contributed by atoms with E-state index in [1.807, 2.05) is 34.1 Å². The van der Waals surface area contributed by atoms with Crippen LogP contribution >= 0.6 is 0 Å². The molecule has 0 saturated carbocycles. The van der Waals surface area contributed by atoms with Crippen molar-refractivity contribution in [3.05, 3.63) is 29.8 Å². The number of nitrogens with one attached hydrogen (secondary N) is 1. The van der Waals surface area contributed by atoms with E-state index in [1.165, 1.54) is 0 Å². The molecule has 1 aromatic rings. The Kier molecular flexibility index (Phi) is 5.48. The second-order valence-corrected chi connectivity index (χ2v) is 7.43. The molecule has 4 rings (SSSR count). The molecule has 1 atom stereocenters. The third-order valence-corrected chi connectivity index (χ3v) is 5.60. The molecule has 0 aliphatic carbocycles. The average molecular weight is 373 g/mol. The van der Waals surface area contributed by atoms with Crippen molar-refractivity contribution in [2.24, 2.45) is 0 Å². The fourth-order valence-electron chi connectivity index (χ4n) is 4.03. The Bertz CT molecular complexity index is 664. The number of benzene rings is 1. The van der Waals surface area contributed by atoms with E-state index in [-0.39, 0.29) is 24.1 Å². The Hall–Kier alpha value is -2.28. The molecule has 1 aromatic carbocycles. The lowest BCUT2D eigenvalue weighted by Crippen LogP contribution is -2.54. The molecule has 27 heavy (non-hydrogen) atoms. The SMILES string of the molecule is O=C(c1ccc(OC2CCOC2)cc1)N1CCC(N2CCCNC2=O)CC1. The van der Waals surface area contributed by atoms with Gasteiger partial charge < -0.3 is 24.6 Å². The van der Waals surface area contributed by atoms with Gasteiger partial charge in [-0.25, -0.2) is 4.79 Å². The molecule has 3 amide bonds. The van der Waals surface area contributed by atoms with Crippen LogP contribution in [0.15, 0.2) is 24.3 Å². The van der Waals surface area contributed by atoms with Crippen molar-refractivity contribution in [3.63, 3.8) is 0 Å². The number of urea groups is 1. The summed E-state index contributed by atoms with van der Waals surface area (Å²) in [5.41, 5.74) is 0.680. The summed E-state index contributed by atoms with van der Waals surface area (Å²) in [6.45, 7) is 4.33. The minimum Gasteiger partial charge on any atom is -0.488 e. The first kappa shape index (κ1) is 18.1. The number of piperidine rings is 1. The normalized spacial score (nSPS) is 24.0. The van der Waals surface area contributed by atoms with Crippen LogP contribution in [-0.4, -0.2) is 73.3 Å². The summed E-state index contributed by atoms with van der Waals surface area (Å²) in [5.74, 6) is 0.823. The van der Waals surface area contributed by atoms with Crippen molar-refractivity contribution in [1.82, 2.24) is 15.1 Å². The van der Waals surface area contributed by atoms with Gasteiger partial charge in [-0.2, -0.15) is 0 Å². The third-order valence-electron chi connectivity index (χ3n) is 5.60. The van der Waals surface area contributed by atoms with Crippen LogP contribution in [0.1, 0.15) is 36.0 Å². The van der Waals surface area contributed by atoms with Gasteiger partial charge in [-0.05, 0) is 43.5 Å². The second-order valence-electron chi connectivity index (χ2n) is 7.43. The highest BCUT2D eigenvalue weighted by atomic mass is 16.5. The van der Waals surface area contributed by atoms with Crippen LogP contribution in [0.4, 0.5) is 4.79 Å². The quantitative estimate of drug-likeness (QED) is 0.875. The molecule has 0 aromatic heterocycles. The van der Waals surface area contributed by atoms with Crippen molar-refractivity contribution >= 4 is 11.9 Å². The molecule has 0 radical (unpaired) electrons. The lowest BCUT2D eigenvalue weighted by molar-refractivity contribution is 0.0642. The van der Waals surface area contributed by atoms with Crippen LogP contribution < -0.4 is 10.1 Å². The molecule has 3 heterocycles. The van der Waals surface area contributed by atoms with Gasteiger partial charge >= 0.3 is 6.03 Å². The van der Waals surface area contributed by atoms with Gasteiger partial charge in [0.1, 0.15) is 11.9 Å². The largest absolute Gasteiger partial charge is 0.488 e. The summed E-state index contributed by atoms with van der Waals surface area (Å²) < 4.78 is 11.2. The van der Waals surface area contributed by atoms with Gasteiger partial charge in [-0.15, -0.1) is 0 Å². The molecule has 0 bridgehead atoms. The molecule has 3 fully saturated rings. The van der Waals surface area contributed by atoms with Gasteiger partial charge in [0, 0.05) is 44.2 Å². The van der Waals surface area contributed by atoms with E-state index in [4.69, 9.17) is 9.47 Å². The lowest BCUT2D eigenvalue weighted by Gasteiger charge is -2.40. The highest BCUT2D eigenvalue weighted by molar-refractivity contribution is 5.94. The number of carbonyl (C=O) groups excluding carboxylic acids is 2. The first-order valence-electron chi connectivity index (χ1n) is 9.89. The minimum absolute atomic E-state index is 0.0364. The summed E-state index contributed by atoms with van der Waals surface area (Å²) in [6, 6.07) is 7.65. The Morgan fingerprint density at radius 1 is 1.11 bits per heavy atom. The van der Waals surface area contributed by atoms with E-state index in [0.717, 1.165) is 51.1 Å². The van der Waals surface area contributed by atoms with Crippen molar-refractivity contribution in [1.29, 1.82) is 0 Å². The second kappa shape index (κ2) is 8.17. The van der Waals surface area contributed by atoms with Crippen LogP contribution in [-0.2, 0) is 4.74 Å². The minimum atomic E-state index is 0.0364. The monoisotopic (exact) mass is 373 g/mol. The maximum absolute atomic E-state index is 12.8. The van der Waals surface area contributed by atoms with Crippen LogP contribution in [0, 0.1) is 0 Å². The van der Waals surface area contributed by atoms with Gasteiger partial charge in [-0.3, -0.25) is 4.79 Å². The van der Waals surface area contributed by atoms with E-state index in [2.05, 4.69) is 5.32 Å². The number of hydrogen-bond acceptors (Lipinski definition) is 4. The number of rotatable bonds is 4. The number of likely N-dealkylation sites (tertiary alicyclic amines) is 1. The molecule has 1 N–H and O–H groups in total. The van der Waals surface area contributed by atoms with Crippen LogP contribution in [0.2, 0.25) is 0 Å². The molecule has 146 valence electrons. The van der Waals surface area contributed by atoms with Crippen LogP contribution in [0.5, 0.6) is 5.75 Å². The van der Waals surface area contributed by atoms with Crippen LogP contribution in [0.25, 0.3) is 0 Å². The van der Waals surface area contributed by atoms with E-state index in [0.29, 0.717) is 25.3 Å². The summed E-state index contributed by atoms with van der Waals surface area (Å²) >= 11 is 0. The highest BCUT2D eigenvalue weighted by Gasteiger charge is 2.31. The number of amides is 3. The molecule has 1 unspecified atom stereocenters. The van der Waals surface area contributed by atoms with E-state index in [9.17, 15) is 9.59 Å². The zero-order valence-electron chi connectivity index (χ0n) is 15.6. The third kappa shape index (κ3) is 4.18. The lowest BCUT2D eigenvalue weighted by atomic mass is 10.0. The van der Waals surface area contributed by atoms with E-state index in [1.54, 1.807) is 0 Å². The van der Waals surface area contributed by atoms with E-state index < -0.39 is 0 Å². The highest BCUT2D eigenvalue weighted by Crippen LogP contribution is 2.22. The molecule has 7 nitrogen and oxygen atoms in total. The number of hydrogen-bond donors (Lipinski definition) is 1. The zero-order chi connectivity index (χ0) is 18.6. The molecule has 0 spiro atoms. The Morgan fingerprint density at radius 3 is 2.56 bits per heavy atom.